The topological polar surface area (TPSA) is 91.9 Å². The monoisotopic (exact) mass is 359 g/mol. The number of nitrogens with one attached hydrogen (secondary N) is 2. The quantitative estimate of drug-likeness (QED) is 0.809. The SMILES string of the molecule is O=C(CSc1nc2ccc(Cl)cc2[nH]1)N[C@H]1CCS(=O)(=O)C1. The highest BCUT2D eigenvalue weighted by atomic mass is 35.5. The second-order valence-electron chi connectivity index (χ2n) is 5.16. The van der Waals surface area contributed by atoms with Crippen molar-refractivity contribution in [2.24, 2.45) is 0 Å². The average Bonchev–Trinajstić information content (AvgIpc) is 2.98. The van der Waals surface area contributed by atoms with E-state index in [9.17, 15) is 13.2 Å². The number of sulfone groups is 1. The number of carbonyl (C=O) groups is 1. The molecule has 118 valence electrons. The van der Waals surface area contributed by atoms with E-state index in [1.54, 1.807) is 12.1 Å². The number of rotatable bonds is 4. The largest absolute Gasteiger partial charge is 0.352 e. The fraction of sp³-hybridized carbons (Fsp3) is 0.385. The molecule has 2 N–H and O–H groups in total. The van der Waals surface area contributed by atoms with Crippen LogP contribution in [-0.2, 0) is 14.6 Å². The number of aromatic nitrogens is 2. The summed E-state index contributed by atoms with van der Waals surface area (Å²) in [6.07, 6.45) is 0.488. The van der Waals surface area contributed by atoms with Gasteiger partial charge in [-0.1, -0.05) is 23.4 Å². The van der Waals surface area contributed by atoms with Gasteiger partial charge in [-0.05, 0) is 24.6 Å². The third-order valence-electron chi connectivity index (χ3n) is 3.36. The van der Waals surface area contributed by atoms with Gasteiger partial charge >= 0.3 is 0 Å². The van der Waals surface area contributed by atoms with Gasteiger partial charge in [0.25, 0.3) is 0 Å². The zero-order valence-electron chi connectivity index (χ0n) is 11.5. The summed E-state index contributed by atoms with van der Waals surface area (Å²) in [6, 6.07) is 5.07. The number of amides is 1. The maximum atomic E-state index is 11.9. The first kappa shape index (κ1) is 15.6. The Bertz CT molecular complexity index is 819. The number of carbonyl (C=O) groups excluding carboxylic acids is 1. The number of halogens is 1. The van der Waals surface area contributed by atoms with Crippen LogP contribution in [0.1, 0.15) is 6.42 Å². The van der Waals surface area contributed by atoms with Crippen molar-refractivity contribution in [1.29, 1.82) is 0 Å². The van der Waals surface area contributed by atoms with Crippen LogP contribution < -0.4 is 5.32 Å². The van der Waals surface area contributed by atoms with Crippen molar-refractivity contribution in [3.8, 4) is 0 Å². The Hall–Kier alpha value is -1.25. The number of nitrogens with zero attached hydrogens (tertiary/aromatic N) is 1. The van der Waals surface area contributed by atoms with E-state index < -0.39 is 9.84 Å². The highest BCUT2D eigenvalue weighted by Crippen LogP contribution is 2.22. The Morgan fingerprint density at radius 3 is 3.05 bits per heavy atom. The van der Waals surface area contributed by atoms with E-state index in [0.29, 0.717) is 16.6 Å². The van der Waals surface area contributed by atoms with Crippen LogP contribution in [0.15, 0.2) is 23.4 Å². The van der Waals surface area contributed by atoms with Gasteiger partial charge in [0.2, 0.25) is 5.91 Å². The molecule has 1 aromatic heterocycles. The molecule has 0 saturated carbocycles. The van der Waals surface area contributed by atoms with E-state index >= 15 is 0 Å². The maximum Gasteiger partial charge on any atom is 0.230 e. The molecule has 6 nitrogen and oxygen atoms in total. The summed E-state index contributed by atoms with van der Waals surface area (Å²) >= 11 is 7.18. The molecule has 1 aromatic carbocycles. The summed E-state index contributed by atoms with van der Waals surface area (Å²) < 4.78 is 22.7. The molecule has 1 atom stereocenters. The summed E-state index contributed by atoms with van der Waals surface area (Å²) in [5, 5.41) is 4.00. The molecule has 1 saturated heterocycles. The first-order chi connectivity index (χ1) is 10.4. The molecule has 2 heterocycles. The van der Waals surface area contributed by atoms with E-state index in [1.165, 1.54) is 11.8 Å². The van der Waals surface area contributed by atoms with Crippen LogP contribution in [0, 0.1) is 0 Å². The lowest BCUT2D eigenvalue weighted by Crippen LogP contribution is -2.36. The Labute approximate surface area is 136 Å². The molecule has 0 radical (unpaired) electrons. The van der Waals surface area contributed by atoms with E-state index in [-0.39, 0.29) is 29.2 Å². The van der Waals surface area contributed by atoms with Crippen molar-refractivity contribution in [2.75, 3.05) is 17.3 Å². The molecular weight excluding hydrogens is 346 g/mol. The fourth-order valence-electron chi connectivity index (χ4n) is 2.34. The summed E-state index contributed by atoms with van der Waals surface area (Å²) in [4.78, 5) is 19.3. The van der Waals surface area contributed by atoms with Crippen LogP contribution in [0.2, 0.25) is 5.02 Å². The third kappa shape index (κ3) is 3.74. The zero-order chi connectivity index (χ0) is 15.7. The number of hydrogen-bond acceptors (Lipinski definition) is 5. The van der Waals surface area contributed by atoms with Gasteiger partial charge in [0.05, 0.1) is 28.3 Å². The van der Waals surface area contributed by atoms with Crippen LogP contribution in [-0.4, -0.2) is 47.6 Å². The number of aromatic amines is 1. The Morgan fingerprint density at radius 1 is 1.50 bits per heavy atom. The van der Waals surface area contributed by atoms with Gasteiger partial charge in [0.15, 0.2) is 15.0 Å². The van der Waals surface area contributed by atoms with Gasteiger partial charge in [-0.25, -0.2) is 13.4 Å². The number of thioether (sulfide) groups is 1. The molecule has 0 bridgehead atoms. The molecule has 1 aliphatic heterocycles. The smallest absolute Gasteiger partial charge is 0.230 e. The molecule has 0 unspecified atom stereocenters. The minimum Gasteiger partial charge on any atom is -0.352 e. The van der Waals surface area contributed by atoms with E-state index in [4.69, 9.17) is 11.6 Å². The summed E-state index contributed by atoms with van der Waals surface area (Å²) in [5.41, 5.74) is 1.60. The van der Waals surface area contributed by atoms with Crippen molar-refractivity contribution in [3.63, 3.8) is 0 Å². The van der Waals surface area contributed by atoms with Crippen LogP contribution >= 0.6 is 23.4 Å². The second-order valence-corrected chi connectivity index (χ2v) is 8.79. The lowest BCUT2D eigenvalue weighted by atomic mass is 10.3. The molecule has 0 aliphatic carbocycles. The highest BCUT2D eigenvalue weighted by Gasteiger charge is 2.28. The summed E-state index contributed by atoms with van der Waals surface area (Å²) in [7, 11) is -2.98. The number of H-pyrrole nitrogens is 1. The zero-order valence-corrected chi connectivity index (χ0v) is 13.9. The maximum absolute atomic E-state index is 11.9. The number of fused-ring (bicyclic) bond motifs is 1. The molecule has 9 heteroatoms. The molecule has 1 fully saturated rings. The number of hydrogen-bond donors (Lipinski definition) is 2. The van der Waals surface area contributed by atoms with Crippen LogP contribution in [0.5, 0.6) is 0 Å². The average molecular weight is 360 g/mol. The fourth-order valence-corrected chi connectivity index (χ4v) is 4.88. The predicted octanol–water partition coefficient (Wildman–Crippen LogP) is 1.61. The number of benzene rings is 1. The molecule has 1 amide bonds. The Morgan fingerprint density at radius 2 is 2.32 bits per heavy atom. The molecule has 2 aromatic rings. The van der Waals surface area contributed by atoms with Crippen LogP contribution in [0.3, 0.4) is 0 Å². The lowest BCUT2D eigenvalue weighted by Gasteiger charge is -2.09. The Kier molecular flexibility index (Phi) is 4.33. The molecule has 22 heavy (non-hydrogen) atoms. The van der Waals surface area contributed by atoms with Crippen molar-refractivity contribution in [1.82, 2.24) is 15.3 Å². The third-order valence-corrected chi connectivity index (χ3v) is 6.24. The van der Waals surface area contributed by atoms with Crippen LogP contribution in [0.4, 0.5) is 0 Å². The summed E-state index contributed by atoms with van der Waals surface area (Å²) in [5.74, 6) is 0.178. The minimum absolute atomic E-state index is 0.0343. The van der Waals surface area contributed by atoms with Gasteiger partial charge in [-0.15, -0.1) is 0 Å². The van der Waals surface area contributed by atoms with E-state index in [2.05, 4.69) is 15.3 Å². The first-order valence-corrected chi connectivity index (χ1v) is 9.88. The second kappa shape index (κ2) is 6.10. The molecule has 0 spiro atoms. The molecular formula is C13H14ClN3O3S2. The standard InChI is InChI=1S/C13H14ClN3O3S2/c14-8-1-2-10-11(5-8)17-13(16-10)21-6-12(18)15-9-3-4-22(19,20)7-9/h1-2,5,9H,3-4,6-7H2,(H,15,18)(H,16,17)/t9-/m0/s1. The van der Waals surface area contributed by atoms with Crippen molar-refractivity contribution >= 4 is 50.1 Å². The Balaban J connectivity index is 1.56. The van der Waals surface area contributed by atoms with Crippen molar-refractivity contribution in [2.45, 2.75) is 17.6 Å². The van der Waals surface area contributed by atoms with Gasteiger partial charge < -0.3 is 10.3 Å². The minimum atomic E-state index is -2.98. The first-order valence-electron chi connectivity index (χ1n) is 6.69. The molecule has 1 aliphatic rings. The van der Waals surface area contributed by atoms with Gasteiger partial charge in [0, 0.05) is 11.1 Å². The van der Waals surface area contributed by atoms with Crippen molar-refractivity contribution in [3.05, 3.63) is 23.2 Å². The van der Waals surface area contributed by atoms with Crippen molar-refractivity contribution < 1.29 is 13.2 Å². The summed E-state index contributed by atoms with van der Waals surface area (Å²) in [6.45, 7) is 0. The lowest BCUT2D eigenvalue weighted by molar-refractivity contribution is -0.119. The highest BCUT2D eigenvalue weighted by molar-refractivity contribution is 7.99. The van der Waals surface area contributed by atoms with E-state index in [1.807, 2.05) is 6.07 Å². The van der Waals surface area contributed by atoms with Crippen LogP contribution in [0.25, 0.3) is 11.0 Å². The molecule has 3 rings (SSSR count). The number of imidazole rings is 1. The van der Waals surface area contributed by atoms with E-state index in [0.717, 1.165) is 11.0 Å². The van der Waals surface area contributed by atoms with Gasteiger partial charge in [-0.2, -0.15) is 0 Å². The predicted molar refractivity (Wildman–Crippen MR) is 87.0 cm³/mol. The van der Waals surface area contributed by atoms with Gasteiger partial charge in [-0.3, -0.25) is 4.79 Å². The van der Waals surface area contributed by atoms with Gasteiger partial charge in [0.1, 0.15) is 0 Å². The normalized spacial score (nSPS) is 20.3.